The lowest BCUT2D eigenvalue weighted by atomic mass is 10.0. The largest absolute Gasteiger partial charge is 0.481 e. The molecular weight excluding hydrogens is 432 g/mol. The van der Waals surface area contributed by atoms with E-state index >= 15 is 0 Å². The summed E-state index contributed by atoms with van der Waals surface area (Å²) in [4.78, 5) is 19.8. The van der Waals surface area contributed by atoms with Gasteiger partial charge in [-0.1, -0.05) is 111 Å². The van der Waals surface area contributed by atoms with Crippen LogP contribution in [0, 0.1) is 0 Å². The Balaban J connectivity index is -0.000000560. The number of nitrogens with one attached hydrogen (secondary N) is 1. The maximum Gasteiger partial charge on any atom is 0.332 e. The number of hydrogen-bond donors (Lipinski definition) is 5. The van der Waals surface area contributed by atoms with Crippen molar-refractivity contribution >= 4 is 11.9 Å². The van der Waals surface area contributed by atoms with E-state index in [9.17, 15) is 9.59 Å². The fourth-order valence-corrected chi connectivity index (χ4v) is 3.12. The predicted molar refractivity (Wildman–Crippen MR) is 143 cm³/mol. The minimum absolute atomic E-state index is 0.343. The van der Waals surface area contributed by atoms with E-state index < -0.39 is 18.0 Å². The van der Waals surface area contributed by atoms with Crippen LogP contribution in [0.4, 0.5) is 0 Å². The molecule has 0 saturated heterocycles. The van der Waals surface area contributed by atoms with Crippen LogP contribution in [0.5, 0.6) is 0 Å². The predicted octanol–water partition coefficient (Wildman–Crippen LogP) is 6.12. The summed E-state index contributed by atoms with van der Waals surface area (Å²) in [6.07, 6.45) is 20.0. The molecule has 0 bridgehead atoms. The lowest BCUT2D eigenvalue weighted by Crippen LogP contribution is -2.32. The summed E-state index contributed by atoms with van der Waals surface area (Å²) in [7, 11) is 0. The second-order valence-electron chi connectivity index (χ2n) is 9.08. The van der Waals surface area contributed by atoms with Gasteiger partial charge >= 0.3 is 11.9 Å². The fourth-order valence-electron chi connectivity index (χ4n) is 3.12. The molecule has 0 spiro atoms. The highest BCUT2D eigenvalue weighted by molar-refractivity contribution is 5.71. The van der Waals surface area contributed by atoms with Gasteiger partial charge in [-0.2, -0.15) is 0 Å². The molecule has 34 heavy (non-hydrogen) atoms. The zero-order chi connectivity index (χ0) is 26.5. The average molecular weight is 491 g/mol. The highest BCUT2D eigenvalue weighted by Gasteiger charge is 2.01. The SMILES string of the molecule is CC(O)C(=O)O.CCCCCCCCCCCCCCCCCC(=O)O.CCNCC(N)CC. The van der Waals surface area contributed by atoms with Crippen LogP contribution in [0.2, 0.25) is 0 Å². The lowest BCUT2D eigenvalue weighted by molar-refractivity contribution is -0.145. The number of carboxylic acids is 2. The molecule has 7 nitrogen and oxygen atoms in total. The number of rotatable bonds is 21. The van der Waals surface area contributed by atoms with Gasteiger partial charge in [0.25, 0.3) is 0 Å². The molecule has 0 fully saturated rings. The number of aliphatic hydroxyl groups excluding tert-OH is 1. The number of aliphatic hydroxyl groups is 1. The number of hydrogen-bond acceptors (Lipinski definition) is 5. The van der Waals surface area contributed by atoms with Crippen molar-refractivity contribution in [3.63, 3.8) is 0 Å². The van der Waals surface area contributed by atoms with Gasteiger partial charge in [0.1, 0.15) is 6.10 Å². The summed E-state index contributed by atoms with van der Waals surface area (Å²) in [6.45, 7) is 9.62. The van der Waals surface area contributed by atoms with Crippen molar-refractivity contribution in [1.82, 2.24) is 5.32 Å². The molecular formula is C27H58N2O5. The van der Waals surface area contributed by atoms with Gasteiger partial charge in [0.05, 0.1) is 0 Å². The zero-order valence-corrected chi connectivity index (χ0v) is 22.8. The first kappa shape index (κ1) is 37.4. The Labute approximate surface area is 210 Å². The third-order valence-electron chi connectivity index (χ3n) is 5.53. The van der Waals surface area contributed by atoms with Crippen molar-refractivity contribution in [3.05, 3.63) is 0 Å². The molecule has 206 valence electrons. The van der Waals surface area contributed by atoms with E-state index in [0.717, 1.165) is 32.4 Å². The molecule has 0 heterocycles. The van der Waals surface area contributed by atoms with E-state index in [1.54, 1.807) is 0 Å². The third kappa shape index (κ3) is 41.1. The van der Waals surface area contributed by atoms with Crippen molar-refractivity contribution in [2.75, 3.05) is 13.1 Å². The smallest absolute Gasteiger partial charge is 0.332 e. The van der Waals surface area contributed by atoms with Gasteiger partial charge in [-0.3, -0.25) is 4.79 Å². The van der Waals surface area contributed by atoms with Crippen molar-refractivity contribution < 1.29 is 24.9 Å². The highest BCUT2D eigenvalue weighted by atomic mass is 16.4. The zero-order valence-electron chi connectivity index (χ0n) is 22.8. The Morgan fingerprint density at radius 2 is 1.09 bits per heavy atom. The monoisotopic (exact) mass is 490 g/mol. The Hall–Kier alpha value is -1.18. The molecule has 0 amide bonds. The summed E-state index contributed by atoms with van der Waals surface area (Å²) in [6, 6.07) is 0.343. The number of unbranched alkanes of at least 4 members (excludes halogenated alkanes) is 14. The topological polar surface area (TPSA) is 133 Å². The Morgan fingerprint density at radius 1 is 0.735 bits per heavy atom. The molecule has 0 saturated carbocycles. The molecule has 0 aromatic carbocycles. The molecule has 0 aromatic rings. The van der Waals surface area contributed by atoms with Crippen molar-refractivity contribution in [1.29, 1.82) is 0 Å². The second-order valence-corrected chi connectivity index (χ2v) is 9.08. The summed E-state index contributed by atoms with van der Waals surface area (Å²) in [5.74, 6) is -1.84. The first-order valence-corrected chi connectivity index (χ1v) is 13.8. The molecule has 0 aliphatic heterocycles. The van der Waals surface area contributed by atoms with E-state index in [1.165, 1.54) is 90.4 Å². The Bertz CT molecular complexity index is 420. The van der Waals surface area contributed by atoms with Gasteiger partial charge in [-0.25, -0.2) is 4.79 Å². The maximum atomic E-state index is 10.3. The van der Waals surface area contributed by atoms with Crippen LogP contribution in [0.25, 0.3) is 0 Å². The number of carbonyl (C=O) groups is 2. The van der Waals surface area contributed by atoms with Gasteiger partial charge in [0.2, 0.25) is 0 Å². The van der Waals surface area contributed by atoms with Crippen LogP contribution in [0.1, 0.15) is 137 Å². The molecule has 0 aliphatic rings. The summed E-state index contributed by atoms with van der Waals surface area (Å²) < 4.78 is 0. The van der Waals surface area contributed by atoms with E-state index in [1.807, 2.05) is 0 Å². The third-order valence-corrected chi connectivity index (χ3v) is 5.53. The molecule has 6 N–H and O–H groups in total. The van der Waals surface area contributed by atoms with E-state index in [4.69, 9.17) is 21.1 Å². The van der Waals surface area contributed by atoms with Gasteiger partial charge in [-0.15, -0.1) is 0 Å². The van der Waals surface area contributed by atoms with Crippen molar-refractivity contribution in [2.45, 2.75) is 149 Å². The Kier molecular flexibility index (Phi) is 35.0. The van der Waals surface area contributed by atoms with Crippen LogP contribution in [-0.2, 0) is 9.59 Å². The quantitative estimate of drug-likeness (QED) is 0.122. The summed E-state index contributed by atoms with van der Waals surface area (Å²) >= 11 is 0. The maximum absolute atomic E-state index is 10.3. The van der Waals surface area contributed by atoms with Crippen molar-refractivity contribution in [2.24, 2.45) is 5.73 Å². The van der Waals surface area contributed by atoms with E-state index in [2.05, 4.69) is 26.1 Å². The minimum Gasteiger partial charge on any atom is -0.481 e. The van der Waals surface area contributed by atoms with Gasteiger partial charge in [0, 0.05) is 19.0 Å². The summed E-state index contributed by atoms with van der Waals surface area (Å²) in [5, 5.41) is 27.5. The molecule has 2 atom stereocenters. The summed E-state index contributed by atoms with van der Waals surface area (Å²) in [5.41, 5.74) is 5.60. The first-order valence-electron chi connectivity index (χ1n) is 13.8. The lowest BCUT2D eigenvalue weighted by Gasteiger charge is -2.06. The Morgan fingerprint density at radius 3 is 1.35 bits per heavy atom. The van der Waals surface area contributed by atoms with E-state index in [-0.39, 0.29) is 0 Å². The highest BCUT2D eigenvalue weighted by Crippen LogP contribution is 2.13. The van der Waals surface area contributed by atoms with Crippen molar-refractivity contribution in [3.8, 4) is 0 Å². The van der Waals surface area contributed by atoms with Crippen LogP contribution < -0.4 is 11.1 Å². The number of nitrogens with two attached hydrogens (primary N) is 1. The normalized spacial score (nSPS) is 12.1. The number of carboxylic acid groups (broad SMARTS) is 2. The average Bonchev–Trinajstić information content (AvgIpc) is 2.80. The minimum atomic E-state index is -1.23. The second kappa shape index (κ2) is 31.8. The fraction of sp³-hybridized carbons (Fsp3) is 0.926. The first-order chi connectivity index (χ1) is 16.2. The molecule has 0 rings (SSSR count). The number of likely N-dealkylation sites (N-methyl/N-ethyl adjacent to an activating group) is 1. The molecule has 0 radical (unpaired) electrons. The van der Waals surface area contributed by atoms with Crippen LogP contribution >= 0.6 is 0 Å². The van der Waals surface area contributed by atoms with Gasteiger partial charge in [-0.05, 0) is 26.3 Å². The molecule has 2 unspecified atom stereocenters. The van der Waals surface area contributed by atoms with Crippen LogP contribution in [-0.4, -0.2) is 52.5 Å². The van der Waals surface area contributed by atoms with Gasteiger partial charge in [0.15, 0.2) is 0 Å². The number of aliphatic carboxylic acids is 2. The van der Waals surface area contributed by atoms with Crippen LogP contribution in [0.15, 0.2) is 0 Å². The van der Waals surface area contributed by atoms with E-state index in [0.29, 0.717) is 12.5 Å². The van der Waals surface area contributed by atoms with Crippen LogP contribution in [0.3, 0.4) is 0 Å². The standard InChI is InChI=1S/C18H36O2.C6H16N2.C3H6O3/c1-2-3-4-5-6-7-8-9-10-11-12-13-14-15-16-17-18(19)20;1-3-6(7)5-8-4-2;1-2(4)3(5)6/h2-17H2,1H3,(H,19,20);6,8H,3-5,7H2,1-2H3;2,4H,1H3,(H,5,6). The van der Waals surface area contributed by atoms with Gasteiger partial charge < -0.3 is 26.4 Å². The molecule has 7 heteroatoms. The molecule has 0 aromatic heterocycles. The molecule has 0 aliphatic carbocycles.